The molecule has 0 unspecified atom stereocenters. The maximum absolute atomic E-state index is 13.6. The van der Waals surface area contributed by atoms with Crippen LogP contribution < -0.4 is 9.47 Å². The molecule has 4 heterocycles. The van der Waals surface area contributed by atoms with E-state index >= 15 is 0 Å². The van der Waals surface area contributed by atoms with E-state index in [9.17, 15) is 29.4 Å². The summed E-state index contributed by atoms with van der Waals surface area (Å²) in [6, 6.07) is 0. The van der Waals surface area contributed by atoms with Crippen molar-refractivity contribution < 1.29 is 38.9 Å². The average molecular weight is 957 g/mol. The molecule has 12 nitrogen and oxygen atoms in total. The molecule has 0 atom stereocenters. The molecule has 0 aromatic heterocycles. The van der Waals surface area contributed by atoms with E-state index in [1.807, 2.05) is 13.8 Å². The summed E-state index contributed by atoms with van der Waals surface area (Å²) < 4.78 is 13.9. The summed E-state index contributed by atoms with van der Waals surface area (Å²) in [5, 5.41) is 27.4. The Hall–Kier alpha value is -3.60. The number of carbonyl (C=O) groups is 4. The SMILES string of the molecule is CCCCN1C(=O)C(=C2Sc3c(O)c(C)c(C)c(O)c3S2)C(=O)N1CCCC.CCCCOc1c(C)c(C)c(OCCCC)c2c1SC(=C1C(=O)N(CCCC)N(CCCC)C1=O)S2. The van der Waals surface area contributed by atoms with Crippen LogP contribution in [0.1, 0.15) is 141 Å². The lowest BCUT2D eigenvalue weighted by atomic mass is 10.1. The molecule has 16 heteroatoms. The third-order valence-electron chi connectivity index (χ3n) is 11.7. The van der Waals surface area contributed by atoms with Crippen LogP contribution in [-0.2, 0) is 19.2 Å². The summed E-state index contributed by atoms with van der Waals surface area (Å²) >= 11 is 5.38. The fourth-order valence-corrected chi connectivity index (χ4v) is 12.9. The second kappa shape index (κ2) is 23.7. The molecule has 4 aliphatic rings. The number of phenols is 2. The number of amides is 4. The van der Waals surface area contributed by atoms with Gasteiger partial charge in [0.25, 0.3) is 23.6 Å². The molecule has 2 fully saturated rings. The molecule has 2 N–H and O–H groups in total. The van der Waals surface area contributed by atoms with Crippen molar-refractivity contribution in [3.05, 3.63) is 41.9 Å². The van der Waals surface area contributed by atoms with E-state index in [0.29, 0.717) is 70.1 Å². The lowest BCUT2D eigenvalue weighted by Crippen LogP contribution is -2.42. The van der Waals surface area contributed by atoms with Gasteiger partial charge in [-0.25, -0.2) is 20.0 Å². The third kappa shape index (κ3) is 10.7. The van der Waals surface area contributed by atoms with E-state index < -0.39 is 0 Å². The van der Waals surface area contributed by atoms with Crippen molar-refractivity contribution in [1.29, 1.82) is 0 Å². The molecule has 0 saturated carbocycles. The predicted molar refractivity (Wildman–Crippen MR) is 260 cm³/mol. The molecule has 4 aliphatic heterocycles. The summed E-state index contributed by atoms with van der Waals surface area (Å²) in [6.07, 6.45) is 11.2. The maximum atomic E-state index is 13.6. The van der Waals surface area contributed by atoms with E-state index in [2.05, 4.69) is 41.5 Å². The highest BCUT2D eigenvalue weighted by molar-refractivity contribution is 8.25. The van der Waals surface area contributed by atoms with E-state index in [1.165, 1.54) is 47.0 Å². The van der Waals surface area contributed by atoms with Gasteiger partial charge in [0.15, 0.2) is 0 Å². The smallest absolute Gasteiger partial charge is 0.279 e. The summed E-state index contributed by atoms with van der Waals surface area (Å²) in [7, 11) is 0. The Bertz CT molecular complexity index is 2020. The number of thioether (sulfide) groups is 4. The number of hydrogen-bond acceptors (Lipinski definition) is 12. The van der Waals surface area contributed by atoms with Crippen LogP contribution in [0.5, 0.6) is 23.0 Å². The number of hydrogen-bond donors (Lipinski definition) is 2. The molecular formula is C48H68N4O8S4. The second-order valence-electron chi connectivity index (χ2n) is 16.4. The van der Waals surface area contributed by atoms with Gasteiger partial charge in [-0.3, -0.25) is 19.2 Å². The van der Waals surface area contributed by atoms with Crippen LogP contribution in [0.3, 0.4) is 0 Å². The number of hydrazine groups is 2. The predicted octanol–water partition coefficient (Wildman–Crippen LogP) is 11.6. The van der Waals surface area contributed by atoms with Gasteiger partial charge in [-0.15, -0.1) is 0 Å². The molecule has 4 amide bonds. The second-order valence-corrected chi connectivity index (χ2v) is 21.0. The van der Waals surface area contributed by atoms with Gasteiger partial charge in [0.05, 0.1) is 41.3 Å². The quantitative estimate of drug-likeness (QED) is 0.0565. The zero-order chi connectivity index (χ0) is 46.8. The Morgan fingerprint density at radius 3 is 0.938 bits per heavy atom. The van der Waals surface area contributed by atoms with Crippen molar-refractivity contribution in [1.82, 2.24) is 20.0 Å². The zero-order valence-corrected chi connectivity index (χ0v) is 42.8. The Kier molecular flexibility index (Phi) is 19.1. The first-order chi connectivity index (χ1) is 30.7. The molecule has 0 radical (unpaired) electrons. The Labute approximate surface area is 397 Å². The summed E-state index contributed by atoms with van der Waals surface area (Å²) in [5.41, 5.74) is 3.78. The van der Waals surface area contributed by atoms with E-state index in [0.717, 1.165) is 114 Å². The van der Waals surface area contributed by atoms with E-state index in [1.54, 1.807) is 33.9 Å². The molecule has 0 spiro atoms. The molecule has 2 aromatic carbocycles. The average Bonchev–Trinajstić information content (AvgIpc) is 4.03. The normalized spacial score (nSPS) is 15.9. The number of phenolic OH excluding ortho intramolecular Hbond substituents is 2. The summed E-state index contributed by atoms with van der Waals surface area (Å²) in [5.74, 6) is 0.981. The largest absolute Gasteiger partial charge is 0.506 e. The van der Waals surface area contributed by atoms with Gasteiger partial charge in [0.2, 0.25) is 0 Å². The number of nitrogens with zero attached hydrogens (tertiary/aromatic N) is 4. The molecule has 64 heavy (non-hydrogen) atoms. The van der Waals surface area contributed by atoms with Gasteiger partial charge in [-0.05, 0) is 88.5 Å². The highest BCUT2D eigenvalue weighted by Gasteiger charge is 2.46. The van der Waals surface area contributed by atoms with Crippen LogP contribution in [0.25, 0.3) is 0 Å². The first kappa shape index (κ1) is 51.4. The van der Waals surface area contributed by atoms with Crippen molar-refractivity contribution in [2.24, 2.45) is 0 Å². The van der Waals surface area contributed by atoms with E-state index in [-0.39, 0.29) is 40.7 Å². The highest BCUT2D eigenvalue weighted by atomic mass is 32.2. The van der Waals surface area contributed by atoms with Crippen LogP contribution in [0, 0.1) is 27.7 Å². The van der Waals surface area contributed by atoms with Gasteiger partial charge in [-0.2, -0.15) is 0 Å². The maximum Gasteiger partial charge on any atom is 0.279 e. The topological polar surface area (TPSA) is 140 Å². The minimum absolute atomic E-state index is 0.0990. The fourth-order valence-electron chi connectivity index (χ4n) is 7.38. The molecule has 2 saturated heterocycles. The van der Waals surface area contributed by atoms with Crippen LogP contribution in [0.2, 0.25) is 0 Å². The van der Waals surface area contributed by atoms with Gasteiger partial charge < -0.3 is 19.7 Å². The number of fused-ring (bicyclic) bond motifs is 2. The van der Waals surface area contributed by atoms with Crippen LogP contribution in [0.15, 0.2) is 39.2 Å². The number of carbonyl (C=O) groups excluding carboxylic acids is 4. The van der Waals surface area contributed by atoms with Crippen LogP contribution in [-0.4, -0.2) is 93.3 Å². The number of ether oxygens (including phenoxy) is 2. The highest BCUT2D eigenvalue weighted by Crippen LogP contribution is 2.62. The third-order valence-corrected chi connectivity index (χ3v) is 16.9. The minimum Gasteiger partial charge on any atom is -0.506 e. The molecule has 6 rings (SSSR count). The Balaban J connectivity index is 0.000000248. The van der Waals surface area contributed by atoms with Crippen LogP contribution >= 0.6 is 47.0 Å². The fraction of sp³-hybridized carbons (Fsp3) is 0.583. The number of unbranched alkanes of at least 4 members (excludes halogenated alkanes) is 6. The summed E-state index contributed by atoms with van der Waals surface area (Å²) in [4.78, 5) is 56.3. The monoisotopic (exact) mass is 956 g/mol. The van der Waals surface area contributed by atoms with Crippen molar-refractivity contribution >= 4 is 70.7 Å². The summed E-state index contributed by atoms with van der Waals surface area (Å²) in [6.45, 7) is 23.7. The number of rotatable bonds is 20. The van der Waals surface area contributed by atoms with Crippen molar-refractivity contribution in [3.63, 3.8) is 0 Å². The van der Waals surface area contributed by atoms with Crippen molar-refractivity contribution in [2.45, 2.75) is 166 Å². The number of benzene rings is 2. The molecule has 2 aromatic rings. The minimum atomic E-state index is -0.287. The Morgan fingerprint density at radius 2 is 0.672 bits per heavy atom. The van der Waals surface area contributed by atoms with Crippen LogP contribution in [0.4, 0.5) is 0 Å². The first-order valence-electron chi connectivity index (χ1n) is 23.2. The van der Waals surface area contributed by atoms with Gasteiger partial charge in [0, 0.05) is 26.2 Å². The molecule has 0 aliphatic carbocycles. The first-order valence-corrected chi connectivity index (χ1v) is 26.5. The number of aromatic hydroxyl groups is 2. The Morgan fingerprint density at radius 1 is 0.406 bits per heavy atom. The van der Waals surface area contributed by atoms with Gasteiger partial charge in [-0.1, -0.05) is 127 Å². The van der Waals surface area contributed by atoms with Gasteiger partial charge in [0.1, 0.15) is 34.1 Å². The molecular weight excluding hydrogens is 889 g/mol. The van der Waals surface area contributed by atoms with Crippen molar-refractivity contribution in [2.75, 3.05) is 39.4 Å². The lowest BCUT2D eigenvalue weighted by molar-refractivity contribution is -0.147. The van der Waals surface area contributed by atoms with E-state index in [4.69, 9.17) is 9.47 Å². The van der Waals surface area contributed by atoms with Crippen molar-refractivity contribution in [3.8, 4) is 23.0 Å². The van der Waals surface area contributed by atoms with Gasteiger partial charge >= 0.3 is 0 Å². The standard InChI is InChI=1S/C28H42N2O4S2.C20H26N2O4S2/c1-7-11-15-29-26(31)21(27(32)30(29)16-12-8-2)28-35-24-22(33-17-13-9-3)19(5)20(6)23(25(24)36-28)34-18-14-10-4;1-5-7-9-21-18(25)13(19(26)22(21)10-8-6-2)20-27-16-14(23)11(3)12(4)15(24)17(16)28-20/h7-18H2,1-6H3;23-24H,5-10H2,1-4H3. The zero-order valence-electron chi connectivity index (χ0n) is 39.5. The molecule has 0 bridgehead atoms. The lowest BCUT2D eigenvalue weighted by Gasteiger charge is -2.27. The molecule has 352 valence electrons.